The predicted molar refractivity (Wildman–Crippen MR) is 107 cm³/mol. The number of benzene rings is 3. The average Bonchev–Trinajstić information content (AvgIpc) is 2.72. The highest BCUT2D eigenvalue weighted by atomic mass is 35.5. The highest BCUT2D eigenvalue weighted by Crippen LogP contribution is 2.32. The molecule has 0 spiro atoms. The van der Waals surface area contributed by atoms with Gasteiger partial charge in [0.15, 0.2) is 6.10 Å². The van der Waals surface area contributed by atoms with E-state index in [1.54, 1.807) is 42.6 Å². The Morgan fingerprint density at radius 3 is 2.48 bits per heavy atom. The lowest BCUT2D eigenvalue weighted by Crippen LogP contribution is -2.14. The Labute approximate surface area is 162 Å². The Balaban J connectivity index is 1.82. The van der Waals surface area contributed by atoms with E-state index in [4.69, 9.17) is 16.3 Å². The number of hydrogen-bond donors (Lipinski definition) is 0. The summed E-state index contributed by atoms with van der Waals surface area (Å²) in [7, 11) is 0. The molecule has 0 amide bonds. The molecule has 4 heteroatoms. The zero-order chi connectivity index (χ0) is 18.6. The molecule has 3 aromatic carbocycles. The van der Waals surface area contributed by atoms with Crippen LogP contribution in [0.2, 0.25) is 5.02 Å². The maximum Gasteiger partial charge on any atom is 0.339 e. The number of ether oxygens (including phenoxy) is 1. The molecule has 0 aliphatic heterocycles. The molecule has 4 aromatic rings. The highest BCUT2D eigenvalue weighted by molar-refractivity contribution is 6.30. The number of nitrogens with zero attached hydrogens (tertiary/aromatic N) is 1. The average molecular weight is 374 g/mol. The molecular weight excluding hydrogens is 358 g/mol. The molecule has 1 aromatic heterocycles. The lowest BCUT2D eigenvalue weighted by atomic mass is 10.0. The van der Waals surface area contributed by atoms with Crippen molar-refractivity contribution in [2.24, 2.45) is 0 Å². The summed E-state index contributed by atoms with van der Waals surface area (Å²) in [6, 6.07) is 26.1. The van der Waals surface area contributed by atoms with Gasteiger partial charge in [-0.15, -0.1) is 0 Å². The maximum absolute atomic E-state index is 12.7. The van der Waals surface area contributed by atoms with E-state index in [1.165, 1.54) is 0 Å². The van der Waals surface area contributed by atoms with E-state index < -0.39 is 12.1 Å². The minimum atomic E-state index is -0.664. The molecule has 0 saturated heterocycles. The van der Waals surface area contributed by atoms with Gasteiger partial charge in [-0.3, -0.25) is 4.98 Å². The van der Waals surface area contributed by atoms with Crippen LogP contribution >= 0.6 is 11.6 Å². The number of fused-ring (bicyclic) bond motifs is 1. The molecule has 0 aliphatic rings. The number of carbonyl (C=O) groups is 1. The number of aromatic nitrogens is 1. The Bertz CT molecular complexity index is 1090. The Kier molecular flexibility index (Phi) is 4.86. The van der Waals surface area contributed by atoms with E-state index in [0.29, 0.717) is 16.3 Å². The third-order valence-corrected chi connectivity index (χ3v) is 4.57. The third kappa shape index (κ3) is 3.69. The predicted octanol–water partition coefficient (Wildman–Crippen LogP) is 5.83. The van der Waals surface area contributed by atoms with Crippen molar-refractivity contribution in [3.8, 4) is 0 Å². The Morgan fingerprint density at radius 2 is 1.67 bits per heavy atom. The molecule has 1 atom stereocenters. The number of pyridine rings is 1. The first-order valence-corrected chi connectivity index (χ1v) is 8.95. The van der Waals surface area contributed by atoms with Crippen LogP contribution in [0.1, 0.15) is 27.7 Å². The van der Waals surface area contributed by atoms with Crippen LogP contribution in [0.25, 0.3) is 10.8 Å². The van der Waals surface area contributed by atoms with Crippen LogP contribution < -0.4 is 0 Å². The SMILES string of the molecule is O=C(OC(c1cccc(Cl)c1)c1nccc2ccccc12)c1ccccc1. The summed E-state index contributed by atoms with van der Waals surface area (Å²) in [5.74, 6) is -0.407. The van der Waals surface area contributed by atoms with Gasteiger partial charge in [0.2, 0.25) is 0 Å². The molecular formula is C23H16ClNO2. The molecule has 0 radical (unpaired) electrons. The van der Waals surface area contributed by atoms with Crippen molar-refractivity contribution in [1.82, 2.24) is 4.98 Å². The maximum atomic E-state index is 12.7. The summed E-state index contributed by atoms with van der Waals surface area (Å²) in [6.07, 6.45) is 1.06. The molecule has 1 heterocycles. The van der Waals surface area contributed by atoms with Gasteiger partial charge in [-0.2, -0.15) is 0 Å². The van der Waals surface area contributed by atoms with Crippen molar-refractivity contribution < 1.29 is 9.53 Å². The van der Waals surface area contributed by atoms with Crippen LogP contribution in [0.3, 0.4) is 0 Å². The molecule has 4 rings (SSSR count). The minimum Gasteiger partial charge on any atom is -0.447 e. The van der Waals surface area contributed by atoms with Gasteiger partial charge in [0, 0.05) is 22.2 Å². The van der Waals surface area contributed by atoms with E-state index >= 15 is 0 Å². The second kappa shape index (κ2) is 7.60. The monoisotopic (exact) mass is 373 g/mol. The van der Waals surface area contributed by atoms with Gasteiger partial charge >= 0.3 is 5.97 Å². The first-order chi connectivity index (χ1) is 13.2. The summed E-state index contributed by atoms with van der Waals surface area (Å²) in [4.78, 5) is 17.3. The quantitative estimate of drug-likeness (QED) is 0.422. The lowest BCUT2D eigenvalue weighted by molar-refractivity contribution is 0.0373. The number of hydrogen-bond acceptors (Lipinski definition) is 3. The van der Waals surface area contributed by atoms with Gasteiger partial charge in [-0.05, 0) is 35.7 Å². The van der Waals surface area contributed by atoms with Crippen LogP contribution in [-0.4, -0.2) is 11.0 Å². The van der Waals surface area contributed by atoms with E-state index in [0.717, 1.165) is 16.3 Å². The van der Waals surface area contributed by atoms with Crippen LogP contribution in [0, 0.1) is 0 Å². The topological polar surface area (TPSA) is 39.2 Å². The summed E-state index contributed by atoms with van der Waals surface area (Å²) in [6.45, 7) is 0. The standard InChI is InChI=1S/C23H16ClNO2/c24-19-11-6-10-18(15-19)22(27-23(26)17-8-2-1-3-9-17)21-20-12-5-4-7-16(20)13-14-25-21/h1-15,22H. The van der Waals surface area contributed by atoms with Crippen LogP contribution in [0.4, 0.5) is 0 Å². The van der Waals surface area contributed by atoms with E-state index in [9.17, 15) is 4.79 Å². The molecule has 0 aliphatic carbocycles. The van der Waals surface area contributed by atoms with Crippen molar-refractivity contribution in [1.29, 1.82) is 0 Å². The minimum absolute atomic E-state index is 0.407. The molecule has 132 valence electrons. The fourth-order valence-corrected chi connectivity index (χ4v) is 3.25. The lowest BCUT2D eigenvalue weighted by Gasteiger charge is -2.20. The fraction of sp³-hybridized carbons (Fsp3) is 0.0435. The normalized spacial score (nSPS) is 11.9. The third-order valence-electron chi connectivity index (χ3n) is 4.34. The van der Waals surface area contributed by atoms with E-state index in [2.05, 4.69) is 4.98 Å². The summed E-state index contributed by atoms with van der Waals surface area (Å²) in [5, 5.41) is 2.55. The van der Waals surface area contributed by atoms with Crippen molar-refractivity contribution in [2.45, 2.75) is 6.10 Å². The molecule has 27 heavy (non-hydrogen) atoms. The number of carbonyl (C=O) groups excluding carboxylic acids is 1. The van der Waals surface area contributed by atoms with Gasteiger partial charge in [0.1, 0.15) is 0 Å². The zero-order valence-corrected chi connectivity index (χ0v) is 15.1. The second-order valence-corrected chi connectivity index (χ2v) is 6.56. The Morgan fingerprint density at radius 1 is 0.889 bits per heavy atom. The van der Waals surface area contributed by atoms with Crippen LogP contribution in [0.15, 0.2) is 91.1 Å². The van der Waals surface area contributed by atoms with Crippen LogP contribution in [0.5, 0.6) is 0 Å². The number of halogens is 1. The largest absolute Gasteiger partial charge is 0.447 e. The first kappa shape index (κ1) is 17.3. The van der Waals surface area contributed by atoms with Gasteiger partial charge < -0.3 is 4.74 Å². The fourth-order valence-electron chi connectivity index (χ4n) is 3.05. The van der Waals surface area contributed by atoms with Crippen molar-refractivity contribution >= 4 is 28.3 Å². The molecule has 0 saturated carbocycles. The summed E-state index contributed by atoms with van der Waals surface area (Å²) in [5.41, 5.74) is 1.94. The van der Waals surface area contributed by atoms with Crippen molar-refractivity contribution in [2.75, 3.05) is 0 Å². The summed E-state index contributed by atoms with van der Waals surface area (Å²) < 4.78 is 5.91. The molecule has 0 bridgehead atoms. The van der Waals surface area contributed by atoms with Gasteiger partial charge in [0.25, 0.3) is 0 Å². The molecule has 3 nitrogen and oxygen atoms in total. The molecule has 1 unspecified atom stereocenters. The second-order valence-electron chi connectivity index (χ2n) is 6.12. The zero-order valence-electron chi connectivity index (χ0n) is 14.4. The molecule has 0 fully saturated rings. The first-order valence-electron chi connectivity index (χ1n) is 8.57. The van der Waals surface area contributed by atoms with Crippen LogP contribution in [-0.2, 0) is 4.74 Å². The highest BCUT2D eigenvalue weighted by Gasteiger charge is 2.23. The van der Waals surface area contributed by atoms with Gasteiger partial charge in [0.05, 0.1) is 11.3 Å². The Hall–Kier alpha value is -3.17. The van der Waals surface area contributed by atoms with Gasteiger partial charge in [-0.1, -0.05) is 66.2 Å². The van der Waals surface area contributed by atoms with Gasteiger partial charge in [-0.25, -0.2) is 4.79 Å². The van der Waals surface area contributed by atoms with Crippen molar-refractivity contribution in [3.63, 3.8) is 0 Å². The molecule has 0 N–H and O–H groups in total. The number of rotatable bonds is 4. The van der Waals surface area contributed by atoms with Crippen molar-refractivity contribution in [3.05, 3.63) is 113 Å². The summed E-state index contributed by atoms with van der Waals surface area (Å²) >= 11 is 6.19. The smallest absolute Gasteiger partial charge is 0.339 e. The number of esters is 1. The van der Waals surface area contributed by atoms with E-state index in [1.807, 2.05) is 48.5 Å². The van der Waals surface area contributed by atoms with E-state index in [-0.39, 0.29) is 0 Å².